The summed E-state index contributed by atoms with van der Waals surface area (Å²) in [6.45, 7) is 11.4. The molecule has 1 N–H and O–H groups in total. The van der Waals surface area contributed by atoms with Gasteiger partial charge >= 0.3 is 0 Å². The number of benzene rings is 1. The zero-order valence-corrected chi connectivity index (χ0v) is 17.3. The highest BCUT2D eigenvalue weighted by Gasteiger charge is 2.19. The number of likely N-dealkylation sites (N-methyl/N-ethyl adjacent to an activating group) is 1. The highest BCUT2D eigenvalue weighted by Crippen LogP contribution is 2.27. The van der Waals surface area contributed by atoms with Gasteiger partial charge < -0.3 is 15.1 Å². The van der Waals surface area contributed by atoms with E-state index in [2.05, 4.69) is 52.0 Å². The van der Waals surface area contributed by atoms with Crippen LogP contribution in [-0.2, 0) is 0 Å². The maximum Gasteiger partial charge on any atom is 0.257 e. The SMILES string of the molecule is CCN1CCN(c2ccccc2NC(=O)c2cnc3c(cnn3C(C)C)c2)CC1. The average molecular weight is 393 g/mol. The van der Waals surface area contributed by atoms with Crippen molar-refractivity contribution in [2.45, 2.75) is 26.8 Å². The van der Waals surface area contributed by atoms with Crippen LogP contribution in [0.25, 0.3) is 11.0 Å². The molecule has 3 heterocycles. The summed E-state index contributed by atoms with van der Waals surface area (Å²) in [4.78, 5) is 22.2. The van der Waals surface area contributed by atoms with Gasteiger partial charge in [0.2, 0.25) is 0 Å². The number of piperazine rings is 1. The van der Waals surface area contributed by atoms with Gasteiger partial charge in [0, 0.05) is 43.8 Å². The smallest absolute Gasteiger partial charge is 0.257 e. The Balaban J connectivity index is 1.54. The second kappa shape index (κ2) is 8.21. The second-order valence-electron chi connectivity index (χ2n) is 7.71. The number of carbonyl (C=O) groups is 1. The summed E-state index contributed by atoms with van der Waals surface area (Å²) in [5, 5.41) is 8.33. The summed E-state index contributed by atoms with van der Waals surface area (Å²) >= 11 is 0. The summed E-state index contributed by atoms with van der Waals surface area (Å²) < 4.78 is 1.86. The fraction of sp³-hybridized carbons (Fsp3) is 0.409. The molecule has 0 atom stereocenters. The number of rotatable bonds is 5. The number of anilines is 2. The number of para-hydroxylation sites is 2. The third-order valence-electron chi connectivity index (χ3n) is 5.50. The molecule has 0 saturated carbocycles. The van der Waals surface area contributed by atoms with Crippen LogP contribution in [0.3, 0.4) is 0 Å². The van der Waals surface area contributed by atoms with Crippen molar-refractivity contribution in [2.24, 2.45) is 0 Å². The summed E-state index contributed by atoms with van der Waals surface area (Å²) in [6, 6.07) is 10.1. The molecule has 0 unspecified atom stereocenters. The lowest BCUT2D eigenvalue weighted by molar-refractivity contribution is 0.102. The Kier molecular flexibility index (Phi) is 5.49. The molecule has 3 aromatic rings. The zero-order valence-electron chi connectivity index (χ0n) is 17.3. The number of amides is 1. The largest absolute Gasteiger partial charge is 0.367 e. The third kappa shape index (κ3) is 3.96. The van der Waals surface area contributed by atoms with Gasteiger partial charge in [-0.15, -0.1) is 0 Å². The Morgan fingerprint density at radius 2 is 1.90 bits per heavy atom. The van der Waals surface area contributed by atoms with E-state index in [-0.39, 0.29) is 11.9 Å². The molecule has 1 amide bonds. The van der Waals surface area contributed by atoms with E-state index < -0.39 is 0 Å². The third-order valence-corrected chi connectivity index (χ3v) is 5.50. The predicted molar refractivity (Wildman–Crippen MR) is 117 cm³/mol. The Morgan fingerprint density at radius 1 is 1.14 bits per heavy atom. The van der Waals surface area contributed by atoms with Crippen molar-refractivity contribution >= 4 is 28.3 Å². The first-order valence-corrected chi connectivity index (χ1v) is 10.3. The van der Waals surface area contributed by atoms with Crippen LogP contribution in [-0.4, -0.2) is 58.3 Å². The van der Waals surface area contributed by atoms with Gasteiger partial charge in [0.25, 0.3) is 5.91 Å². The molecular weight excluding hydrogens is 364 g/mol. The summed E-state index contributed by atoms with van der Waals surface area (Å²) in [6.07, 6.45) is 3.39. The van der Waals surface area contributed by atoms with Crippen molar-refractivity contribution in [1.82, 2.24) is 19.7 Å². The molecule has 152 valence electrons. The number of carbonyl (C=O) groups excluding carboxylic acids is 1. The van der Waals surface area contributed by atoms with E-state index in [0.29, 0.717) is 5.56 Å². The fourth-order valence-electron chi connectivity index (χ4n) is 3.80. The highest BCUT2D eigenvalue weighted by molar-refractivity contribution is 6.07. The molecule has 0 radical (unpaired) electrons. The maximum atomic E-state index is 12.9. The highest BCUT2D eigenvalue weighted by atomic mass is 16.1. The van der Waals surface area contributed by atoms with Crippen LogP contribution in [0.1, 0.15) is 37.2 Å². The number of hydrogen-bond donors (Lipinski definition) is 1. The fourth-order valence-corrected chi connectivity index (χ4v) is 3.80. The van der Waals surface area contributed by atoms with Crippen molar-refractivity contribution in [3.8, 4) is 0 Å². The lowest BCUT2D eigenvalue weighted by Gasteiger charge is -2.36. The molecule has 7 nitrogen and oxygen atoms in total. The number of aromatic nitrogens is 3. The van der Waals surface area contributed by atoms with E-state index in [1.165, 1.54) is 0 Å². The first-order chi connectivity index (χ1) is 14.1. The van der Waals surface area contributed by atoms with Gasteiger partial charge in [-0.1, -0.05) is 19.1 Å². The topological polar surface area (TPSA) is 66.3 Å². The summed E-state index contributed by atoms with van der Waals surface area (Å²) in [5.74, 6) is -0.156. The molecular formula is C22H28N6O. The van der Waals surface area contributed by atoms with Gasteiger partial charge in [-0.2, -0.15) is 5.10 Å². The van der Waals surface area contributed by atoms with Crippen molar-refractivity contribution in [3.05, 3.63) is 48.3 Å². The average Bonchev–Trinajstić information content (AvgIpc) is 3.18. The number of nitrogens with zero attached hydrogens (tertiary/aromatic N) is 5. The maximum absolute atomic E-state index is 12.9. The molecule has 1 aliphatic rings. The van der Waals surface area contributed by atoms with Crippen molar-refractivity contribution in [2.75, 3.05) is 42.9 Å². The van der Waals surface area contributed by atoms with E-state index in [1.807, 2.05) is 28.9 Å². The van der Waals surface area contributed by atoms with Gasteiger partial charge in [0.1, 0.15) is 0 Å². The molecule has 0 aliphatic carbocycles. The molecule has 0 bridgehead atoms. The quantitative estimate of drug-likeness (QED) is 0.721. The van der Waals surface area contributed by atoms with Crippen molar-refractivity contribution in [3.63, 3.8) is 0 Å². The van der Waals surface area contributed by atoms with Crippen LogP contribution in [0, 0.1) is 0 Å². The molecule has 1 aliphatic heterocycles. The van der Waals surface area contributed by atoms with Crippen molar-refractivity contribution in [1.29, 1.82) is 0 Å². The molecule has 4 rings (SSSR count). The van der Waals surface area contributed by atoms with E-state index in [0.717, 1.165) is 55.1 Å². The van der Waals surface area contributed by atoms with Gasteiger partial charge in [0.15, 0.2) is 5.65 Å². The van der Waals surface area contributed by atoms with Gasteiger partial charge in [-0.05, 0) is 38.6 Å². The number of fused-ring (bicyclic) bond motifs is 1. The normalized spacial score (nSPS) is 15.2. The van der Waals surface area contributed by atoms with Crippen LogP contribution >= 0.6 is 0 Å². The summed E-state index contributed by atoms with van der Waals surface area (Å²) in [5.41, 5.74) is 3.23. The predicted octanol–water partition coefficient (Wildman–Crippen LogP) is 3.41. The van der Waals surface area contributed by atoms with Crippen LogP contribution in [0.2, 0.25) is 0 Å². The minimum atomic E-state index is -0.156. The van der Waals surface area contributed by atoms with Gasteiger partial charge in [-0.25, -0.2) is 9.67 Å². The molecule has 7 heteroatoms. The van der Waals surface area contributed by atoms with Crippen LogP contribution in [0.4, 0.5) is 11.4 Å². The minimum absolute atomic E-state index is 0.156. The van der Waals surface area contributed by atoms with Gasteiger partial charge in [0.05, 0.1) is 23.1 Å². The molecule has 1 aromatic carbocycles. The monoisotopic (exact) mass is 392 g/mol. The Morgan fingerprint density at radius 3 is 2.62 bits per heavy atom. The molecule has 29 heavy (non-hydrogen) atoms. The lowest BCUT2D eigenvalue weighted by atomic mass is 10.2. The van der Waals surface area contributed by atoms with Crippen LogP contribution in [0.5, 0.6) is 0 Å². The first-order valence-electron chi connectivity index (χ1n) is 10.3. The van der Waals surface area contributed by atoms with Crippen molar-refractivity contribution < 1.29 is 4.79 Å². The summed E-state index contributed by atoms with van der Waals surface area (Å²) in [7, 11) is 0. The molecule has 0 spiro atoms. The molecule has 2 aromatic heterocycles. The second-order valence-corrected chi connectivity index (χ2v) is 7.71. The standard InChI is InChI=1S/C22H28N6O/c1-4-26-9-11-27(12-10-26)20-8-6-5-7-19(20)25-22(29)18-13-17-15-24-28(16(2)3)21(17)23-14-18/h5-8,13-16H,4,9-12H2,1-3H3,(H,25,29). The Labute approximate surface area is 171 Å². The van der Waals surface area contributed by atoms with Crippen LogP contribution in [0.15, 0.2) is 42.7 Å². The number of hydrogen-bond acceptors (Lipinski definition) is 5. The Bertz CT molecular complexity index is 1000. The zero-order chi connectivity index (χ0) is 20.4. The lowest BCUT2D eigenvalue weighted by Crippen LogP contribution is -2.46. The van der Waals surface area contributed by atoms with Gasteiger partial charge in [-0.3, -0.25) is 4.79 Å². The molecule has 1 saturated heterocycles. The van der Waals surface area contributed by atoms with Crippen LogP contribution < -0.4 is 10.2 Å². The molecule has 1 fully saturated rings. The van der Waals surface area contributed by atoms with E-state index in [4.69, 9.17) is 0 Å². The van der Waals surface area contributed by atoms with E-state index in [1.54, 1.807) is 12.4 Å². The first kappa shape index (κ1) is 19.4. The van der Waals surface area contributed by atoms with E-state index in [9.17, 15) is 4.79 Å². The number of pyridine rings is 1. The Hall–Kier alpha value is -2.93. The minimum Gasteiger partial charge on any atom is -0.367 e. The van der Waals surface area contributed by atoms with E-state index >= 15 is 0 Å². The number of nitrogens with one attached hydrogen (secondary N) is 1.